The molecule has 0 aliphatic heterocycles. The van der Waals surface area contributed by atoms with Crippen LogP contribution in [0.3, 0.4) is 0 Å². The first-order valence-corrected chi connectivity index (χ1v) is 11.9. The summed E-state index contributed by atoms with van der Waals surface area (Å²) in [6.45, 7) is 1.02. The molecule has 3 heterocycles. The monoisotopic (exact) mass is 487 g/mol. The van der Waals surface area contributed by atoms with Crippen LogP contribution in [-0.4, -0.2) is 25.7 Å². The summed E-state index contributed by atoms with van der Waals surface area (Å²) in [6.07, 6.45) is 12.2. The van der Waals surface area contributed by atoms with Crippen molar-refractivity contribution in [1.29, 1.82) is 0 Å². The number of benzene rings is 2. The van der Waals surface area contributed by atoms with Gasteiger partial charge >= 0.3 is 0 Å². The molecule has 0 bridgehead atoms. The number of aromatic nitrogens is 4. The van der Waals surface area contributed by atoms with E-state index in [1.807, 2.05) is 71.5 Å². The lowest BCUT2D eigenvalue weighted by Gasteiger charge is -2.08. The SMILES string of the molecule is O=C(/C=C/c1cn(Cc2ccccc2)nc1-c1cccnc1)Nc1cccc(OCc2cccnc2)c1. The Morgan fingerprint density at radius 1 is 0.892 bits per heavy atom. The molecule has 0 radical (unpaired) electrons. The molecule has 2 aromatic carbocycles. The summed E-state index contributed by atoms with van der Waals surface area (Å²) in [5.41, 5.74) is 5.23. The fraction of sp³-hybridized carbons (Fsp3) is 0.0667. The number of pyridine rings is 2. The second kappa shape index (κ2) is 11.6. The lowest BCUT2D eigenvalue weighted by atomic mass is 10.1. The van der Waals surface area contributed by atoms with Crippen LogP contribution in [-0.2, 0) is 17.9 Å². The molecule has 0 spiro atoms. The lowest BCUT2D eigenvalue weighted by molar-refractivity contribution is -0.111. The van der Waals surface area contributed by atoms with Gasteiger partial charge in [0.25, 0.3) is 0 Å². The van der Waals surface area contributed by atoms with Crippen LogP contribution in [0.5, 0.6) is 5.75 Å². The summed E-state index contributed by atoms with van der Waals surface area (Å²) >= 11 is 0. The van der Waals surface area contributed by atoms with Crippen molar-refractivity contribution in [2.45, 2.75) is 13.2 Å². The first kappa shape index (κ1) is 23.7. The number of nitrogens with one attached hydrogen (secondary N) is 1. The number of hydrogen-bond donors (Lipinski definition) is 1. The van der Waals surface area contributed by atoms with Crippen molar-refractivity contribution in [3.8, 4) is 17.0 Å². The average molecular weight is 488 g/mol. The summed E-state index contributed by atoms with van der Waals surface area (Å²) in [5.74, 6) is 0.407. The Morgan fingerprint density at radius 2 is 1.70 bits per heavy atom. The molecule has 1 N–H and O–H groups in total. The number of nitrogens with zero attached hydrogens (tertiary/aromatic N) is 4. The van der Waals surface area contributed by atoms with Crippen molar-refractivity contribution >= 4 is 17.7 Å². The van der Waals surface area contributed by atoms with E-state index < -0.39 is 0 Å². The highest BCUT2D eigenvalue weighted by Crippen LogP contribution is 2.23. The Morgan fingerprint density at radius 3 is 2.49 bits per heavy atom. The number of ether oxygens (including phenoxy) is 1. The number of rotatable bonds is 9. The normalized spacial score (nSPS) is 10.9. The third kappa shape index (κ3) is 6.55. The van der Waals surface area contributed by atoms with Crippen molar-refractivity contribution < 1.29 is 9.53 Å². The fourth-order valence-corrected chi connectivity index (χ4v) is 3.80. The molecule has 0 unspecified atom stereocenters. The number of carbonyl (C=O) groups excluding carboxylic acids is 1. The molecule has 1 amide bonds. The van der Waals surface area contributed by atoms with Crippen LogP contribution < -0.4 is 10.1 Å². The molecule has 5 rings (SSSR count). The summed E-state index contributed by atoms with van der Waals surface area (Å²) in [5, 5.41) is 7.67. The van der Waals surface area contributed by atoms with Crippen molar-refractivity contribution in [2.75, 3.05) is 5.32 Å². The maximum atomic E-state index is 12.7. The summed E-state index contributed by atoms with van der Waals surface area (Å²) in [4.78, 5) is 21.0. The number of anilines is 1. The van der Waals surface area contributed by atoms with Crippen LogP contribution in [0.15, 0.2) is 116 Å². The van der Waals surface area contributed by atoms with Gasteiger partial charge in [-0.25, -0.2) is 0 Å². The van der Waals surface area contributed by atoms with Crippen LogP contribution in [0.25, 0.3) is 17.3 Å². The van der Waals surface area contributed by atoms with E-state index in [1.54, 1.807) is 36.9 Å². The maximum Gasteiger partial charge on any atom is 0.248 e. The first-order valence-electron chi connectivity index (χ1n) is 11.9. The zero-order chi connectivity index (χ0) is 25.3. The van der Waals surface area contributed by atoms with E-state index in [-0.39, 0.29) is 5.91 Å². The Balaban J connectivity index is 1.29. The van der Waals surface area contributed by atoms with Gasteiger partial charge in [-0.05, 0) is 42.0 Å². The predicted molar refractivity (Wildman–Crippen MR) is 144 cm³/mol. The van der Waals surface area contributed by atoms with Crippen molar-refractivity contribution in [3.63, 3.8) is 0 Å². The van der Waals surface area contributed by atoms with Crippen molar-refractivity contribution in [1.82, 2.24) is 19.7 Å². The molecule has 0 fully saturated rings. The second-order valence-corrected chi connectivity index (χ2v) is 8.36. The van der Waals surface area contributed by atoms with Gasteiger partial charge in [0.15, 0.2) is 0 Å². The minimum Gasteiger partial charge on any atom is -0.489 e. The standard InChI is InChI=1S/C30H25N5O2/c36-29(33-27-11-4-12-28(17-27)37-22-24-9-5-15-31-18-24)14-13-26-21-35(20-23-7-2-1-3-8-23)34-30(26)25-10-6-16-32-19-25/h1-19,21H,20,22H2,(H,33,36)/b14-13+. The molecule has 0 aliphatic rings. The summed E-state index contributed by atoms with van der Waals surface area (Å²) in [6, 6.07) is 25.1. The molecule has 0 aliphatic carbocycles. The van der Waals surface area contributed by atoms with Gasteiger partial charge in [0, 0.05) is 65.5 Å². The van der Waals surface area contributed by atoms with Gasteiger partial charge in [-0.3, -0.25) is 19.4 Å². The van der Waals surface area contributed by atoms with Gasteiger partial charge in [0.2, 0.25) is 5.91 Å². The average Bonchev–Trinajstić information content (AvgIpc) is 3.35. The molecular weight excluding hydrogens is 462 g/mol. The molecule has 182 valence electrons. The lowest BCUT2D eigenvalue weighted by Crippen LogP contribution is -2.07. The fourth-order valence-electron chi connectivity index (χ4n) is 3.80. The van der Waals surface area contributed by atoms with Gasteiger partial charge in [0.1, 0.15) is 18.1 Å². The highest BCUT2D eigenvalue weighted by molar-refractivity contribution is 6.02. The molecule has 5 aromatic rings. The molecular formula is C30H25N5O2. The Bertz CT molecular complexity index is 1480. The molecule has 0 atom stereocenters. The number of carbonyl (C=O) groups is 1. The van der Waals surface area contributed by atoms with Crippen LogP contribution in [0.2, 0.25) is 0 Å². The molecule has 3 aromatic heterocycles. The van der Waals surface area contributed by atoms with Gasteiger partial charge in [-0.15, -0.1) is 0 Å². The zero-order valence-electron chi connectivity index (χ0n) is 20.1. The quantitative estimate of drug-likeness (QED) is 0.273. The van der Waals surface area contributed by atoms with E-state index in [4.69, 9.17) is 9.84 Å². The molecule has 7 nitrogen and oxygen atoms in total. The van der Waals surface area contributed by atoms with Crippen LogP contribution in [0.4, 0.5) is 5.69 Å². The Labute approximate surface area is 215 Å². The molecule has 0 saturated carbocycles. The van der Waals surface area contributed by atoms with Gasteiger partial charge in [-0.2, -0.15) is 5.10 Å². The van der Waals surface area contributed by atoms with Crippen molar-refractivity contribution in [3.05, 3.63) is 133 Å². The summed E-state index contributed by atoms with van der Waals surface area (Å²) in [7, 11) is 0. The second-order valence-electron chi connectivity index (χ2n) is 8.36. The largest absolute Gasteiger partial charge is 0.489 e. The minimum absolute atomic E-state index is 0.252. The highest BCUT2D eigenvalue weighted by Gasteiger charge is 2.11. The molecule has 7 heteroatoms. The molecule has 0 saturated heterocycles. The van der Waals surface area contributed by atoms with Crippen molar-refractivity contribution in [2.24, 2.45) is 0 Å². The predicted octanol–water partition coefficient (Wildman–Crippen LogP) is 5.62. The number of hydrogen-bond acceptors (Lipinski definition) is 5. The minimum atomic E-state index is -0.252. The first-order chi connectivity index (χ1) is 18.2. The van der Waals surface area contributed by atoms with E-state index >= 15 is 0 Å². The Hall–Kier alpha value is -5.04. The third-order valence-electron chi connectivity index (χ3n) is 5.56. The van der Waals surface area contributed by atoms with Crippen LogP contribution in [0, 0.1) is 0 Å². The summed E-state index contributed by atoms with van der Waals surface area (Å²) < 4.78 is 7.71. The Kier molecular flexibility index (Phi) is 7.42. The number of amides is 1. The van der Waals surface area contributed by atoms with Crippen LogP contribution in [0.1, 0.15) is 16.7 Å². The van der Waals surface area contributed by atoms with E-state index in [1.165, 1.54) is 6.08 Å². The van der Waals surface area contributed by atoms with Gasteiger partial charge < -0.3 is 10.1 Å². The highest BCUT2D eigenvalue weighted by atomic mass is 16.5. The topological polar surface area (TPSA) is 81.9 Å². The van der Waals surface area contributed by atoms with E-state index in [2.05, 4.69) is 27.4 Å². The van der Waals surface area contributed by atoms with E-state index in [9.17, 15) is 4.79 Å². The van der Waals surface area contributed by atoms with E-state index in [0.29, 0.717) is 24.6 Å². The molecule has 37 heavy (non-hydrogen) atoms. The zero-order valence-corrected chi connectivity index (χ0v) is 20.1. The maximum absolute atomic E-state index is 12.7. The van der Waals surface area contributed by atoms with Gasteiger partial charge in [0.05, 0.1) is 6.54 Å². The van der Waals surface area contributed by atoms with E-state index in [0.717, 1.165) is 27.9 Å². The smallest absolute Gasteiger partial charge is 0.248 e. The van der Waals surface area contributed by atoms with Gasteiger partial charge in [-0.1, -0.05) is 42.5 Å². The third-order valence-corrected chi connectivity index (χ3v) is 5.56. The van der Waals surface area contributed by atoms with Crippen LogP contribution >= 0.6 is 0 Å².